The second kappa shape index (κ2) is 5.97. The minimum Gasteiger partial charge on any atom is -0.388 e. The van der Waals surface area contributed by atoms with Crippen LogP contribution in [0.5, 0.6) is 0 Å². The Balaban J connectivity index is 2.10. The predicted molar refractivity (Wildman–Crippen MR) is 67.6 cm³/mol. The fourth-order valence-electron chi connectivity index (χ4n) is 2.58. The van der Waals surface area contributed by atoms with Gasteiger partial charge in [-0.2, -0.15) is 0 Å². The molecule has 1 aliphatic rings. The van der Waals surface area contributed by atoms with Gasteiger partial charge in [-0.1, -0.05) is 49.6 Å². The molecule has 92 valence electrons. The van der Waals surface area contributed by atoms with Crippen molar-refractivity contribution in [3.05, 3.63) is 35.9 Å². The highest BCUT2D eigenvalue weighted by atomic mass is 16.3. The standard InChI is InChI=1S/C15H20O2/c16-14-11-7-2-1-6-10-13(14)15(17)12-8-4-3-5-9-12/h3-5,8-9,13,15,17H,1-2,6-7,10-11H2. The zero-order valence-electron chi connectivity index (χ0n) is 10.1. The molecule has 0 radical (unpaired) electrons. The minimum atomic E-state index is -0.623. The Hall–Kier alpha value is -1.15. The third-order valence-corrected chi connectivity index (χ3v) is 3.62. The largest absolute Gasteiger partial charge is 0.388 e. The van der Waals surface area contributed by atoms with Crippen LogP contribution in [0.1, 0.15) is 50.2 Å². The van der Waals surface area contributed by atoms with Crippen molar-refractivity contribution in [2.24, 2.45) is 5.92 Å². The molecule has 2 heteroatoms. The van der Waals surface area contributed by atoms with E-state index in [1.54, 1.807) is 0 Å². The van der Waals surface area contributed by atoms with Crippen molar-refractivity contribution in [1.29, 1.82) is 0 Å². The van der Waals surface area contributed by atoms with Crippen molar-refractivity contribution in [1.82, 2.24) is 0 Å². The van der Waals surface area contributed by atoms with Crippen molar-refractivity contribution < 1.29 is 9.90 Å². The van der Waals surface area contributed by atoms with Crippen LogP contribution in [-0.2, 0) is 4.79 Å². The van der Waals surface area contributed by atoms with E-state index in [4.69, 9.17) is 0 Å². The number of aliphatic hydroxyl groups excluding tert-OH is 1. The first-order chi connectivity index (χ1) is 8.29. The summed E-state index contributed by atoms with van der Waals surface area (Å²) in [5.74, 6) is 0.0405. The number of Topliss-reactive ketones (excluding diaryl/α,β-unsaturated/α-hetero) is 1. The summed E-state index contributed by atoms with van der Waals surface area (Å²) in [6.07, 6.45) is 5.22. The van der Waals surface area contributed by atoms with Gasteiger partial charge in [0.15, 0.2) is 0 Å². The normalized spacial score (nSPS) is 23.8. The van der Waals surface area contributed by atoms with Gasteiger partial charge in [-0.05, 0) is 18.4 Å². The molecule has 0 saturated heterocycles. The number of hydrogen-bond donors (Lipinski definition) is 1. The molecule has 1 N–H and O–H groups in total. The van der Waals surface area contributed by atoms with E-state index < -0.39 is 6.10 Å². The fourth-order valence-corrected chi connectivity index (χ4v) is 2.58. The van der Waals surface area contributed by atoms with Gasteiger partial charge in [0.25, 0.3) is 0 Å². The lowest BCUT2D eigenvalue weighted by molar-refractivity contribution is -0.127. The maximum atomic E-state index is 12.0. The molecule has 1 fully saturated rings. The van der Waals surface area contributed by atoms with Crippen LogP contribution in [0.3, 0.4) is 0 Å². The van der Waals surface area contributed by atoms with Crippen LogP contribution in [0.2, 0.25) is 0 Å². The van der Waals surface area contributed by atoms with Gasteiger partial charge in [-0.3, -0.25) is 4.79 Å². The second-order valence-electron chi connectivity index (χ2n) is 4.88. The van der Waals surface area contributed by atoms with E-state index >= 15 is 0 Å². The predicted octanol–water partition coefficient (Wildman–Crippen LogP) is 3.26. The molecule has 0 aromatic heterocycles. The van der Waals surface area contributed by atoms with Crippen molar-refractivity contribution in [3.8, 4) is 0 Å². The number of carbonyl (C=O) groups is 1. The maximum absolute atomic E-state index is 12.0. The van der Waals surface area contributed by atoms with Crippen molar-refractivity contribution >= 4 is 5.78 Å². The van der Waals surface area contributed by atoms with Crippen molar-refractivity contribution in [3.63, 3.8) is 0 Å². The van der Waals surface area contributed by atoms with Crippen LogP contribution < -0.4 is 0 Å². The Kier molecular flexibility index (Phi) is 4.32. The number of rotatable bonds is 2. The molecule has 2 nitrogen and oxygen atoms in total. The third-order valence-electron chi connectivity index (χ3n) is 3.62. The summed E-state index contributed by atoms with van der Waals surface area (Å²) >= 11 is 0. The smallest absolute Gasteiger partial charge is 0.138 e. The third kappa shape index (κ3) is 3.16. The van der Waals surface area contributed by atoms with Gasteiger partial charge in [-0.25, -0.2) is 0 Å². The van der Waals surface area contributed by atoms with E-state index in [0.29, 0.717) is 6.42 Å². The molecule has 0 aliphatic heterocycles. The molecule has 0 bridgehead atoms. The first kappa shape index (κ1) is 12.3. The number of hydrogen-bond acceptors (Lipinski definition) is 2. The lowest BCUT2D eigenvalue weighted by Crippen LogP contribution is -2.23. The molecule has 1 aromatic carbocycles. The number of carbonyl (C=O) groups excluding carboxylic acids is 1. The number of aliphatic hydroxyl groups is 1. The van der Waals surface area contributed by atoms with Crippen molar-refractivity contribution in [2.45, 2.75) is 44.6 Å². The highest BCUT2D eigenvalue weighted by Gasteiger charge is 2.27. The highest BCUT2D eigenvalue weighted by molar-refractivity contribution is 5.81. The van der Waals surface area contributed by atoms with Gasteiger partial charge in [-0.15, -0.1) is 0 Å². The molecular weight excluding hydrogens is 212 g/mol. The topological polar surface area (TPSA) is 37.3 Å². The van der Waals surface area contributed by atoms with Crippen LogP contribution in [0.4, 0.5) is 0 Å². The molecule has 1 saturated carbocycles. The molecule has 2 unspecified atom stereocenters. The summed E-state index contributed by atoms with van der Waals surface area (Å²) in [7, 11) is 0. The summed E-state index contributed by atoms with van der Waals surface area (Å²) in [5, 5.41) is 10.3. The Morgan fingerprint density at radius 1 is 1.06 bits per heavy atom. The van der Waals surface area contributed by atoms with E-state index in [0.717, 1.165) is 31.2 Å². The first-order valence-electron chi connectivity index (χ1n) is 6.55. The molecule has 1 aromatic rings. The molecule has 1 aliphatic carbocycles. The minimum absolute atomic E-state index is 0.197. The van der Waals surface area contributed by atoms with Crippen LogP contribution in [0.15, 0.2) is 30.3 Å². The zero-order valence-corrected chi connectivity index (χ0v) is 10.1. The van der Waals surface area contributed by atoms with Crippen LogP contribution in [-0.4, -0.2) is 10.9 Å². The van der Waals surface area contributed by atoms with Crippen LogP contribution >= 0.6 is 0 Å². The van der Waals surface area contributed by atoms with Crippen LogP contribution in [0.25, 0.3) is 0 Å². The first-order valence-corrected chi connectivity index (χ1v) is 6.55. The Bertz CT molecular complexity index is 358. The van der Waals surface area contributed by atoms with Crippen molar-refractivity contribution in [2.75, 3.05) is 0 Å². The summed E-state index contributed by atoms with van der Waals surface area (Å²) < 4.78 is 0. The molecular formula is C15H20O2. The number of ketones is 1. The Labute approximate surface area is 103 Å². The Morgan fingerprint density at radius 3 is 2.53 bits per heavy atom. The summed E-state index contributed by atoms with van der Waals surface area (Å²) in [6, 6.07) is 9.54. The lowest BCUT2D eigenvalue weighted by atomic mass is 9.83. The van der Waals surface area contributed by atoms with E-state index in [1.807, 2.05) is 30.3 Å². The van der Waals surface area contributed by atoms with Gasteiger partial charge < -0.3 is 5.11 Å². The lowest BCUT2D eigenvalue weighted by Gasteiger charge is -2.24. The van der Waals surface area contributed by atoms with E-state index in [-0.39, 0.29) is 11.7 Å². The fraction of sp³-hybridized carbons (Fsp3) is 0.533. The average molecular weight is 232 g/mol. The van der Waals surface area contributed by atoms with E-state index in [1.165, 1.54) is 6.42 Å². The molecule has 0 spiro atoms. The van der Waals surface area contributed by atoms with Gasteiger partial charge in [0.05, 0.1) is 6.10 Å². The monoisotopic (exact) mass is 232 g/mol. The maximum Gasteiger partial charge on any atom is 0.138 e. The summed E-state index contributed by atoms with van der Waals surface area (Å²) in [5.41, 5.74) is 0.867. The van der Waals surface area contributed by atoms with E-state index in [2.05, 4.69) is 0 Å². The SMILES string of the molecule is O=C1CCCCCCC1C(O)c1ccccc1. The molecule has 2 rings (SSSR count). The van der Waals surface area contributed by atoms with Gasteiger partial charge >= 0.3 is 0 Å². The van der Waals surface area contributed by atoms with Gasteiger partial charge in [0, 0.05) is 12.3 Å². The van der Waals surface area contributed by atoms with Gasteiger partial charge in [0.2, 0.25) is 0 Å². The highest BCUT2D eigenvalue weighted by Crippen LogP contribution is 2.30. The zero-order chi connectivity index (χ0) is 12.1. The van der Waals surface area contributed by atoms with E-state index in [9.17, 15) is 9.90 Å². The Morgan fingerprint density at radius 2 is 1.76 bits per heavy atom. The summed E-state index contributed by atoms with van der Waals surface area (Å²) in [4.78, 5) is 12.0. The molecule has 2 atom stereocenters. The van der Waals surface area contributed by atoms with Gasteiger partial charge in [0.1, 0.15) is 5.78 Å². The number of benzene rings is 1. The average Bonchev–Trinajstić information content (AvgIpc) is 2.35. The molecule has 0 heterocycles. The second-order valence-corrected chi connectivity index (χ2v) is 4.88. The molecule has 17 heavy (non-hydrogen) atoms. The molecule has 0 amide bonds. The van der Waals surface area contributed by atoms with Crippen LogP contribution in [0, 0.1) is 5.92 Å². The quantitative estimate of drug-likeness (QED) is 0.849. The summed E-state index contributed by atoms with van der Waals surface area (Å²) in [6.45, 7) is 0.